The Balaban J connectivity index is 1.85. The molecule has 1 saturated heterocycles. The van der Waals surface area contributed by atoms with E-state index in [2.05, 4.69) is 47.3 Å². The van der Waals surface area contributed by atoms with Crippen LogP contribution in [0.25, 0.3) is 0 Å². The first kappa shape index (κ1) is 20.3. The molecule has 3 rings (SSSR count). The standard InChI is InChI=1S/C22H29N3O3/c1-14(2)18-12-19(25-21(27)24-18)20(26)23-13-22(5-7-28-8-6-22)17-10-15(3)9-16(4)11-17/h9-12,14H,5-8,13H2,1-4H3,(H,23,26)(H,24,25,27). The number of H-pyrrole nitrogens is 1. The van der Waals surface area contributed by atoms with Gasteiger partial charge in [-0.2, -0.15) is 4.98 Å². The largest absolute Gasteiger partial charge is 0.381 e. The molecule has 150 valence electrons. The number of nitrogens with zero attached hydrogens (tertiary/aromatic N) is 1. The van der Waals surface area contributed by atoms with Crippen LogP contribution in [-0.4, -0.2) is 35.6 Å². The Hall–Kier alpha value is -2.47. The lowest BCUT2D eigenvalue weighted by atomic mass is 9.73. The number of ether oxygens (including phenoxy) is 1. The Morgan fingerprint density at radius 2 is 1.82 bits per heavy atom. The number of rotatable bonds is 5. The monoisotopic (exact) mass is 383 g/mol. The third kappa shape index (κ3) is 4.50. The van der Waals surface area contributed by atoms with E-state index in [0.29, 0.717) is 25.5 Å². The van der Waals surface area contributed by atoms with Crippen molar-refractivity contribution in [3.63, 3.8) is 0 Å². The lowest BCUT2D eigenvalue weighted by molar-refractivity contribution is 0.0486. The van der Waals surface area contributed by atoms with E-state index in [1.807, 2.05) is 13.8 Å². The first-order valence-corrected chi connectivity index (χ1v) is 9.85. The fourth-order valence-electron chi connectivity index (χ4n) is 3.85. The summed E-state index contributed by atoms with van der Waals surface area (Å²) in [5, 5.41) is 3.03. The van der Waals surface area contributed by atoms with Crippen LogP contribution >= 0.6 is 0 Å². The van der Waals surface area contributed by atoms with Crippen molar-refractivity contribution in [2.75, 3.05) is 19.8 Å². The molecule has 1 aromatic carbocycles. The molecule has 2 aromatic rings. The first-order chi connectivity index (χ1) is 13.3. The van der Waals surface area contributed by atoms with Gasteiger partial charge in [-0.25, -0.2) is 4.79 Å². The number of nitrogens with one attached hydrogen (secondary N) is 2. The van der Waals surface area contributed by atoms with Crippen molar-refractivity contribution in [2.24, 2.45) is 0 Å². The minimum Gasteiger partial charge on any atom is -0.381 e. The minimum atomic E-state index is -0.494. The molecule has 1 aliphatic heterocycles. The van der Waals surface area contributed by atoms with E-state index >= 15 is 0 Å². The highest BCUT2D eigenvalue weighted by molar-refractivity contribution is 5.92. The molecule has 1 amide bonds. The van der Waals surface area contributed by atoms with Crippen LogP contribution in [0.1, 0.15) is 65.5 Å². The number of carbonyl (C=O) groups excluding carboxylic acids is 1. The number of hydrogen-bond acceptors (Lipinski definition) is 4. The van der Waals surface area contributed by atoms with Crippen LogP contribution < -0.4 is 11.0 Å². The molecule has 0 aliphatic carbocycles. The van der Waals surface area contributed by atoms with Gasteiger partial charge in [0.2, 0.25) is 0 Å². The van der Waals surface area contributed by atoms with Gasteiger partial charge in [0.1, 0.15) is 5.69 Å². The number of aryl methyl sites for hydroxylation is 2. The summed E-state index contributed by atoms with van der Waals surface area (Å²) in [6, 6.07) is 8.22. The van der Waals surface area contributed by atoms with E-state index in [4.69, 9.17) is 4.74 Å². The van der Waals surface area contributed by atoms with Crippen LogP contribution in [0.4, 0.5) is 0 Å². The van der Waals surface area contributed by atoms with Gasteiger partial charge in [0, 0.05) is 30.9 Å². The smallest absolute Gasteiger partial charge is 0.345 e. The van der Waals surface area contributed by atoms with Crippen molar-refractivity contribution in [2.45, 2.75) is 51.9 Å². The van der Waals surface area contributed by atoms with Crippen LogP contribution in [0.5, 0.6) is 0 Å². The summed E-state index contributed by atoms with van der Waals surface area (Å²) in [7, 11) is 0. The van der Waals surface area contributed by atoms with Crippen molar-refractivity contribution in [3.05, 3.63) is 62.8 Å². The van der Waals surface area contributed by atoms with Gasteiger partial charge in [0.25, 0.3) is 5.91 Å². The normalized spacial score (nSPS) is 16.2. The van der Waals surface area contributed by atoms with Gasteiger partial charge in [-0.05, 0) is 44.2 Å². The maximum atomic E-state index is 12.8. The number of benzene rings is 1. The van der Waals surface area contributed by atoms with Crippen molar-refractivity contribution in [3.8, 4) is 0 Å². The predicted octanol–water partition coefficient (Wildman–Crippen LogP) is 2.99. The van der Waals surface area contributed by atoms with E-state index < -0.39 is 5.69 Å². The highest BCUT2D eigenvalue weighted by Gasteiger charge is 2.35. The van der Waals surface area contributed by atoms with Crippen LogP contribution in [0.15, 0.2) is 29.1 Å². The zero-order valence-corrected chi connectivity index (χ0v) is 17.1. The summed E-state index contributed by atoms with van der Waals surface area (Å²) in [5.41, 5.74) is 3.86. The third-order valence-corrected chi connectivity index (χ3v) is 5.49. The molecule has 0 saturated carbocycles. The molecule has 1 aromatic heterocycles. The zero-order valence-electron chi connectivity index (χ0n) is 17.1. The average Bonchev–Trinajstić information content (AvgIpc) is 2.65. The van der Waals surface area contributed by atoms with E-state index in [1.165, 1.54) is 16.7 Å². The molecular weight excluding hydrogens is 354 g/mol. The van der Waals surface area contributed by atoms with E-state index in [9.17, 15) is 9.59 Å². The van der Waals surface area contributed by atoms with Crippen molar-refractivity contribution >= 4 is 5.91 Å². The topological polar surface area (TPSA) is 84.1 Å². The number of amides is 1. The molecule has 1 aliphatic rings. The molecule has 2 heterocycles. The van der Waals surface area contributed by atoms with E-state index in [1.54, 1.807) is 6.07 Å². The number of aromatic amines is 1. The van der Waals surface area contributed by atoms with Gasteiger partial charge in [-0.15, -0.1) is 0 Å². The second-order valence-electron chi connectivity index (χ2n) is 8.13. The number of carbonyl (C=O) groups is 1. The second kappa shape index (κ2) is 8.27. The fraction of sp³-hybridized carbons (Fsp3) is 0.500. The SMILES string of the molecule is Cc1cc(C)cc(C2(CNC(=O)c3cc(C(C)C)[nH]c(=O)n3)CCOCC2)c1. The Labute approximate surface area is 165 Å². The Morgan fingerprint density at radius 3 is 2.43 bits per heavy atom. The Kier molecular flexibility index (Phi) is 5.98. The number of aromatic nitrogens is 2. The van der Waals surface area contributed by atoms with Crippen molar-refractivity contribution < 1.29 is 9.53 Å². The van der Waals surface area contributed by atoms with Gasteiger partial charge in [-0.3, -0.25) is 4.79 Å². The minimum absolute atomic E-state index is 0.111. The molecular formula is C22H29N3O3. The third-order valence-electron chi connectivity index (χ3n) is 5.49. The van der Waals surface area contributed by atoms with Crippen LogP contribution in [0.3, 0.4) is 0 Å². The lowest BCUT2D eigenvalue weighted by Gasteiger charge is -2.38. The lowest BCUT2D eigenvalue weighted by Crippen LogP contribution is -2.45. The summed E-state index contributed by atoms with van der Waals surface area (Å²) in [5.74, 6) is -0.206. The highest BCUT2D eigenvalue weighted by atomic mass is 16.5. The van der Waals surface area contributed by atoms with E-state index in [0.717, 1.165) is 12.8 Å². The average molecular weight is 383 g/mol. The molecule has 28 heavy (non-hydrogen) atoms. The van der Waals surface area contributed by atoms with Crippen molar-refractivity contribution in [1.82, 2.24) is 15.3 Å². The summed E-state index contributed by atoms with van der Waals surface area (Å²) in [6.45, 7) is 9.94. The Morgan fingerprint density at radius 1 is 1.18 bits per heavy atom. The summed E-state index contributed by atoms with van der Waals surface area (Å²) in [6.07, 6.45) is 1.69. The quantitative estimate of drug-likeness (QED) is 0.831. The summed E-state index contributed by atoms with van der Waals surface area (Å²) < 4.78 is 5.59. The highest BCUT2D eigenvalue weighted by Crippen LogP contribution is 2.35. The maximum absolute atomic E-state index is 12.8. The molecule has 0 spiro atoms. The Bertz CT molecular complexity index is 891. The van der Waals surface area contributed by atoms with Crippen LogP contribution in [-0.2, 0) is 10.2 Å². The summed E-state index contributed by atoms with van der Waals surface area (Å²) >= 11 is 0. The van der Waals surface area contributed by atoms with E-state index in [-0.39, 0.29) is 22.9 Å². The zero-order chi connectivity index (χ0) is 20.3. The van der Waals surface area contributed by atoms with Gasteiger partial charge in [0.15, 0.2) is 0 Å². The molecule has 2 N–H and O–H groups in total. The van der Waals surface area contributed by atoms with Crippen LogP contribution in [0, 0.1) is 13.8 Å². The fourth-order valence-corrected chi connectivity index (χ4v) is 3.85. The molecule has 6 nitrogen and oxygen atoms in total. The van der Waals surface area contributed by atoms with Gasteiger partial charge >= 0.3 is 5.69 Å². The van der Waals surface area contributed by atoms with Crippen molar-refractivity contribution in [1.29, 1.82) is 0 Å². The summed E-state index contributed by atoms with van der Waals surface area (Å²) in [4.78, 5) is 31.1. The van der Waals surface area contributed by atoms with Gasteiger partial charge < -0.3 is 15.0 Å². The molecule has 0 bridgehead atoms. The second-order valence-corrected chi connectivity index (χ2v) is 8.13. The molecule has 1 fully saturated rings. The van der Waals surface area contributed by atoms with Crippen LogP contribution in [0.2, 0.25) is 0 Å². The molecule has 0 atom stereocenters. The first-order valence-electron chi connectivity index (χ1n) is 9.85. The maximum Gasteiger partial charge on any atom is 0.345 e. The molecule has 6 heteroatoms. The van der Waals surface area contributed by atoms with Gasteiger partial charge in [-0.1, -0.05) is 43.2 Å². The molecule has 0 radical (unpaired) electrons. The number of hydrogen-bond donors (Lipinski definition) is 2. The van der Waals surface area contributed by atoms with Gasteiger partial charge in [0.05, 0.1) is 0 Å². The predicted molar refractivity (Wildman–Crippen MR) is 109 cm³/mol. The molecule has 0 unspecified atom stereocenters.